The summed E-state index contributed by atoms with van der Waals surface area (Å²) >= 11 is 5.72. The summed E-state index contributed by atoms with van der Waals surface area (Å²) in [5.41, 5.74) is -0.482. The van der Waals surface area contributed by atoms with Crippen molar-refractivity contribution in [2.24, 2.45) is 5.92 Å². The van der Waals surface area contributed by atoms with Crippen LogP contribution in [0.25, 0.3) is 0 Å². The Morgan fingerprint density at radius 3 is 2.71 bits per heavy atom. The maximum atomic E-state index is 12.5. The molecule has 0 aromatic rings. The molecule has 0 saturated carbocycles. The zero-order valence-electron chi connectivity index (χ0n) is 13.5. The first kappa shape index (κ1) is 17.3. The lowest BCUT2D eigenvalue weighted by molar-refractivity contribution is -1.11. The highest BCUT2D eigenvalue weighted by molar-refractivity contribution is 9.11. The smallest absolute Gasteiger partial charge is 0.370 e. The van der Waals surface area contributed by atoms with Crippen molar-refractivity contribution in [3.63, 3.8) is 0 Å². The van der Waals surface area contributed by atoms with Gasteiger partial charge < -0.3 is 4.74 Å². The summed E-state index contributed by atoms with van der Waals surface area (Å²) in [6.07, 6.45) is 2.75. The Kier molecular flexibility index (Phi) is 4.58. The van der Waals surface area contributed by atoms with Gasteiger partial charge in [-0.3, -0.25) is 5.32 Å². The molecule has 3 N–H and O–H groups in total. The summed E-state index contributed by atoms with van der Waals surface area (Å²) in [6.45, 7) is 14.5. The monoisotopic (exact) mass is 378 g/mol. The highest BCUT2D eigenvalue weighted by Crippen LogP contribution is 2.34. The number of hydrogen-bond donors (Lipinski definition) is 2. The van der Waals surface area contributed by atoms with E-state index in [4.69, 9.17) is 4.74 Å². The average molecular weight is 379 g/mol. The lowest BCUT2D eigenvalue weighted by atomic mass is 9.89. The van der Waals surface area contributed by atoms with E-state index in [2.05, 4.69) is 62.4 Å². The lowest BCUT2D eigenvalue weighted by Gasteiger charge is -2.49. The predicted molar refractivity (Wildman–Crippen MR) is 89.0 cm³/mol. The van der Waals surface area contributed by atoms with Gasteiger partial charge in [0.25, 0.3) is 5.72 Å². The number of esters is 1. The number of carbonyl (C=O) groups is 1. The quantitative estimate of drug-likeness (QED) is 0.329. The predicted octanol–water partition coefficient (Wildman–Crippen LogP) is 0.840. The first-order chi connectivity index (χ1) is 9.55. The van der Waals surface area contributed by atoms with E-state index >= 15 is 0 Å². The van der Waals surface area contributed by atoms with E-state index in [0.717, 1.165) is 12.2 Å². The van der Waals surface area contributed by atoms with Crippen molar-refractivity contribution in [2.45, 2.75) is 62.2 Å². The van der Waals surface area contributed by atoms with Crippen LogP contribution < -0.4 is 10.2 Å². The van der Waals surface area contributed by atoms with Crippen LogP contribution in [0.2, 0.25) is 0 Å². The molecule has 0 spiro atoms. The second kappa shape index (κ2) is 5.55. The molecule has 2 saturated heterocycles. The van der Waals surface area contributed by atoms with Crippen molar-refractivity contribution in [1.29, 1.82) is 0 Å². The van der Waals surface area contributed by atoms with Crippen molar-refractivity contribution in [3.8, 4) is 0 Å². The van der Waals surface area contributed by atoms with Crippen LogP contribution in [0.3, 0.4) is 0 Å². The van der Waals surface area contributed by atoms with Gasteiger partial charge in [0.1, 0.15) is 5.54 Å². The molecule has 2 aliphatic heterocycles. The van der Waals surface area contributed by atoms with E-state index in [9.17, 15) is 4.79 Å². The molecule has 0 radical (unpaired) electrons. The number of halogens is 1. The molecule has 0 aromatic carbocycles. The molecule has 21 heavy (non-hydrogen) atoms. The number of nitrogens with two attached hydrogens (primary N) is 1. The summed E-state index contributed by atoms with van der Waals surface area (Å²) in [7, 11) is 0. The molecular weight excluding hydrogens is 352 g/mol. The number of hydrogen-bond acceptors (Lipinski definition) is 3. The van der Waals surface area contributed by atoms with Crippen molar-refractivity contribution >= 4 is 33.7 Å². The van der Waals surface area contributed by atoms with Crippen molar-refractivity contribution in [2.75, 3.05) is 5.75 Å². The van der Waals surface area contributed by atoms with Crippen LogP contribution >= 0.6 is 27.7 Å². The number of fused-ring (bicyclic) bond motifs is 1. The van der Waals surface area contributed by atoms with Gasteiger partial charge >= 0.3 is 9.87 Å². The van der Waals surface area contributed by atoms with Crippen LogP contribution in [0.5, 0.6) is 0 Å². The van der Waals surface area contributed by atoms with Gasteiger partial charge in [0.15, 0.2) is 6.04 Å². The van der Waals surface area contributed by atoms with Crippen molar-refractivity contribution in [1.82, 2.24) is 0 Å². The van der Waals surface area contributed by atoms with Crippen LogP contribution in [-0.2, 0) is 9.53 Å². The van der Waals surface area contributed by atoms with Crippen LogP contribution in [0.4, 0.5) is 0 Å². The molecule has 0 aromatic heterocycles. The van der Waals surface area contributed by atoms with E-state index in [0.29, 0.717) is 0 Å². The lowest BCUT2D eigenvalue weighted by Crippen LogP contribution is -3.40. The van der Waals surface area contributed by atoms with Crippen LogP contribution in [0.15, 0.2) is 12.7 Å². The molecule has 2 fully saturated rings. The van der Waals surface area contributed by atoms with Gasteiger partial charge in [0.2, 0.25) is 0 Å². The van der Waals surface area contributed by atoms with Gasteiger partial charge in [-0.2, -0.15) is 0 Å². The third-order valence-electron chi connectivity index (χ3n) is 4.28. The van der Waals surface area contributed by atoms with Gasteiger partial charge in [-0.05, 0) is 25.6 Å². The molecule has 2 aliphatic rings. The van der Waals surface area contributed by atoms with Crippen molar-refractivity contribution < 1.29 is 19.7 Å². The Labute approximate surface area is 140 Å². The van der Waals surface area contributed by atoms with Crippen LogP contribution in [0.1, 0.15) is 41.0 Å². The molecule has 2 heterocycles. The number of nitrogens with one attached hydrogen (secondary N) is 1. The Morgan fingerprint density at radius 2 is 2.19 bits per heavy atom. The Bertz CT molecular complexity index is 457. The van der Waals surface area contributed by atoms with Crippen LogP contribution in [0, 0.1) is 5.92 Å². The molecule has 0 bridgehead atoms. The third-order valence-corrected chi connectivity index (χ3v) is 6.78. The second-order valence-corrected chi connectivity index (χ2v) is 10.4. The summed E-state index contributed by atoms with van der Waals surface area (Å²) in [4.78, 5) is 13.6. The molecular formula is C15H27BrN2O2S+2. The summed E-state index contributed by atoms with van der Waals surface area (Å²) < 4.78 is 5.54. The maximum Gasteiger partial charge on any atom is 0.370 e. The topological polar surface area (TPSA) is 47.3 Å². The summed E-state index contributed by atoms with van der Waals surface area (Å²) in [6, 6.07) is -0.140. The highest BCUT2D eigenvalue weighted by atomic mass is 79.9. The minimum atomic E-state index is -0.484. The maximum absolute atomic E-state index is 12.5. The largest absolute Gasteiger partial charge is 0.405 e. The fourth-order valence-corrected chi connectivity index (χ4v) is 6.84. The number of alkyl halides is 1. The zero-order valence-corrected chi connectivity index (χ0v) is 15.9. The van der Waals surface area contributed by atoms with E-state index in [1.165, 1.54) is 4.90 Å². The molecule has 4 atom stereocenters. The highest BCUT2D eigenvalue weighted by Gasteiger charge is 2.71. The van der Waals surface area contributed by atoms with E-state index in [1.54, 1.807) is 11.8 Å². The standard InChI is InChI=1S/C15H25BrN2O2S/c1-7-8-21-15(16)17-13(4,5)9-14(6)18(15)11(10(2)3)12(19)20-14/h7,10-11,17H,1,8-9H2,2-6H3/p+2/t11-,14-,15+/m0/s1. The summed E-state index contributed by atoms with van der Waals surface area (Å²) in [5.74, 6) is 0.998. The number of quaternary nitrogens is 2. The molecule has 2 rings (SSSR count). The van der Waals surface area contributed by atoms with Gasteiger partial charge in [-0.15, -0.1) is 6.58 Å². The second-order valence-electron chi connectivity index (χ2n) is 7.34. The Balaban J connectivity index is 2.46. The minimum absolute atomic E-state index is 0.00205. The number of ether oxygens (including phenoxy) is 1. The van der Waals surface area contributed by atoms with E-state index < -0.39 is 5.72 Å². The van der Waals surface area contributed by atoms with Gasteiger partial charge in [0.05, 0.1) is 22.4 Å². The molecule has 4 nitrogen and oxygen atoms in total. The Hall–Kier alpha value is -0.0400. The third kappa shape index (κ3) is 3.05. The SMILES string of the molecule is C=CCS[C@]1(Br)[NH2+]C(C)(C)C[C@]2(C)OC(=O)[C@H](C(C)C)[NH+]12. The molecule has 0 amide bonds. The molecule has 0 aliphatic carbocycles. The molecule has 120 valence electrons. The van der Waals surface area contributed by atoms with Crippen LogP contribution in [-0.4, -0.2) is 32.9 Å². The Morgan fingerprint density at radius 1 is 1.57 bits per heavy atom. The molecule has 6 heteroatoms. The number of rotatable bonds is 4. The van der Waals surface area contributed by atoms with Gasteiger partial charge in [-0.1, -0.05) is 19.9 Å². The van der Waals surface area contributed by atoms with E-state index in [-0.39, 0.29) is 27.4 Å². The van der Waals surface area contributed by atoms with Crippen molar-refractivity contribution in [3.05, 3.63) is 12.7 Å². The van der Waals surface area contributed by atoms with E-state index in [1.807, 2.05) is 6.08 Å². The summed E-state index contributed by atoms with van der Waals surface area (Å²) in [5, 5.41) is 2.34. The van der Waals surface area contributed by atoms with Gasteiger partial charge in [-0.25, -0.2) is 9.69 Å². The first-order valence-electron chi connectivity index (χ1n) is 7.46. The first-order valence-corrected chi connectivity index (χ1v) is 9.24. The molecule has 1 unspecified atom stereocenters. The normalized spacial score (nSPS) is 41.8. The minimum Gasteiger partial charge on any atom is -0.405 e. The fourth-order valence-electron chi connectivity index (χ4n) is 3.90. The average Bonchev–Trinajstić information content (AvgIpc) is 2.55. The fraction of sp³-hybridized carbons (Fsp3) is 0.800. The number of thioether (sulfide) groups is 1. The van der Waals surface area contributed by atoms with Gasteiger partial charge in [0, 0.05) is 18.6 Å². The number of carbonyl (C=O) groups excluding carboxylic acids is 1. The zero-order chi connectivity index (χ0) is 16.1.